The minimum atomic E-state index is 0. The van der Waals surface area contributed by atoms with Crippen LogP contribution in [-0.2, 0) is 0 Å². The van der Waals surface area contributed by atoms with Crippen LogP contribution >= 0.6 is 24.0 Å². The molecule has 1 aliphatic heterocycles. The van der Waals surface area contributed by atoms with Crippen LogP contribution in [0.4, 0.5) is 0 Å². The van der Waals surface area contributed by atoms with Crippen LogP contribution in [0.3, 0.4) is 0 Å². The molecule has 3 nitrogen and oxygen atoms in total. The summed E-state index contributed by atoms with van der Waals surface area (Å²) in [6, 6.07) is 7.53. The van der Waals surface area contributed by atoms with Gasteiger partial charge in [-0.05, 0) is 43.8 Å². The molecule has 0 saturated carbocycles. The standard InChI is InChI=1S/C13H19ClN2O.ClH/c14-12-2-4-13(5-3-12)17-11-10-16-8-1-6-15-7-9-16;/h2-5,15H,1,6-11H2;1H. The number of nitrogens with one attached hydrogen (secondary N) is 1. The Bertz CT molecular complexity index is 324. The molecule has 1 fully saturated rings. The molecule has 0 atom stereocenters. The zero-order chi connectivity index (χ0) is 11.9. The molecule has 2 rings (SSSR count). The van der Waals surface area contributed by atoms with Crippen molar-refractivity contribution in [2.45, 2.75) is 6.42 Å². The van der Waals surface area contributed by atoms with E-state index in [-0.39, 0.29) is 12.4 Å². The molecule has 5 heteroatoms. The lowest BCUT2D eigenvalue weighted by molar-refractivity contribution is 0.217. The van der Waals surface area contributed by atoms with Crippen LogP contribution in [-0.4, -0.2) is 44.2 Å². The SMILES string of the molecule is Cl.Clc1ccc(OCCN2CCCNCC2)cc1. The van der Waals surface area contributed by atoms with Gasteiger partial charge in [-0.1, -0.05) is 11.6 Å². The summed E-state index contributed by atoms with van der Waals surface area (Å²) < 4.78 is 5.68. The first-order valence-electron chi connectivity index (χ1n) is 6.16. The zero-order valence-corrected chi connectivity index (χ0v) is 12.0. The second kappa shape index (κ2) is 8.59. The average molecular weight is 291 g/mol. The first kappa shape index (κ1) is 15.6. The molecular formula is C13H20Cl2N2O. The van der Waals surface area contributed by atoms with Gasteiger partial charge in [0, 0.05) is 24.7 Å². The van der Waals surface area contributed by atoms with Crippen LogP contribution in [0.15, 0.2) is 24.3 Å². The van der Waals surface area contributed by atoms with E-state index < -0.39 is 0 Å². The zero-order valence-electron chi connectivity index (χ0n) is 10.4. The fraction of sp³-hybridized carbons (Fsp3) is 0.538. The number of hydrogen-bond donors (Lipinski definition) is 1. The van der Waals surface area contributed by atoms with Gasteiger partial charge in [-0.3, -0.25) is 4.90 Å². The highest BCUT2D eigenvalue weighted by Crippen LogP contribution is 2.15. The third-order valence-electron chi connectivity index (χ3n) is 2.92. The molecule has 18 heavy (non-hydrogen) atoms. The molecule has 1 aromatic rings. The van der Waals surface area contributed by atoms with Gasteiger partial charge in [-0.25, -0.2) is 0 Å². The van der Waals surface area contributed by atoms with Gasteiger partial charge in [-0.15, -0.1) is 12.4 Å². The maximum absolute atomic E-state index is 5.81. The summed E-state index contributed by atoms with van der Waals surface area (Å²) in [4.78, 5) is 2.44. The lowest BCUT2D eigenvalue weighted by Gasteiger charge is -2.19. The topological polar surface area (TPSA) is 24.5 Å². The third-order valence-corrected chi connectivity index (χ3v) is 3.17. The Morgan fingerprint density at radius 3 is 2.72 bits per heavy atom. The van der Waals surface area contributed by atoms with Crippen LogP contribution in [0, 0.1) is 0 Å². The van der Waals surface area contributed by atoms with Crippen molar-refractivity contribution in [3.63, 3.8) is 0 Å². The fourth-order valence-electron chi connectivity index (χ4n) is 1.95. The van der Waals surface area contributed by atoms with Crippen molar-refractivity contribution < 1.29 is 4.74 Å². The lowest BCUT2D eigenvalue weighted by Crippen LogP contribution is -2.31. The molecule has 1 aromatic carbocycles. The molecule has 0 bridgehead atoms. The van der Waals surface area contributed by atoms with Crippen LogP contribution in [0.25, 0.3) is 0 Å². The maximum Gasteiger partial charge on any atom is 0.119 e. The second-order valence-corrected chi connectivity index (χ2v) is 4.68. The van der Waals surface area contributed by atoms with Gasteiger partial charge in [0.15, 0.2) is 0 Å². The van der Waals surface area contributed by atoms with Gasteiger partial charge in [-0.2, -0.15) is 0 Å². The summed E-state index contributed by atoms with van der Waals surface area (Å²) >= 11 is 5.81. The summed E-state index contributed by atoms with van der Waals surface area (Å²) in [7, 11) is 0. The molecule has 1 aliphatic rings. The van der Waals surface area contributed by atoms with E-state index in [1.807, 2.05) is 24.3 Å². The summed E-state index contributed by atoms with van der Waals surface area (Å²) in [6.45, 7) is 6.22. The van der Waals surface area contributed by atoms with Gasteiger partial charge in [0.2, 0.25) is 0 Å². The minimum absolute atomic E-state index is 0. The molecule has 0 spiro atoms. The van der Waals surface area contributed by atoms with Crippen LogP contribution in [0.2, 0.25) is 5.02 Å². The van der Waals surface area contributed by atoms with Crippen molar-refractivity contribution >= 4 is 24.0 Å². The highest BCUT2D eigenvalue weighted by atomic mass is 35.5. The quantitative estimate of drug-likeness (QED) is 0.922. The Balaban J connectivity index is 0.00000162. The second-order valence-electron chi connectivity index (χ2n) is 4.25. The average Bonchev–Trinajstić information content (AvgIpc) is 2.60. The molecule has 1 saturated heterocycles. The summed E-state index contributed by atoms with van der Waals surface area (Å²) in [5.74, 6) is 0.891. The van der Waals surface area contributed by atoms with Gasteiger partial charge in [0.1, 0.15) is 12.4 Å². The molecular weight excluding hydrogens is 271 g/mol. The molecule has 102 valence electrons. The van der Waals surface area contributed by atoms with E-state index in [0.29, 0.717) is 0 Å². The van der Waals surface area contributed by atoms with Crippen molar-refractivity contribution in [1.29, 1.82) is 0 Å². The third kappa shape index (κ3) is 5.44. The summed E-state index contributed by atoms with van der Waals surface area (Å²) in [5, 5.41) is 4.14. The largest absolute Gasteiger partial charge is 0.492 e. The molecule has 0 radical (unpaired) electrons. The van der Waals surface area contributed by atoms with Crippen molar-refractivity contribution in [3.8, 4) is 5.75 Å². The summed E-state index contributed by atoms with van der Waals surface area (Å²) in [5.41, 5.74) is 0. The number of hydrogen-bond acceptors (Lipinski definition) is 3. The van der Waals surface area contributed by atoms with E-state index in [1.54, 1.807) is 0 Å². The number of benzene rings is 1. The Labute approximate surface area is 120 Å². The Kier molecular flexibility index (Phi) is 7.44. The van der Waals surface area contributed by atoms with Gasteiger partial charge < -0.3 is 10.1 Å². The van der Waals surface area contributed by atoms with Crippen LogP contribution < -0.4 is 10.1 Å². The van der Waals surface area contributed by atoms with Gasteiger partial charge in [0.05, 0.1) is 0 Å². The number of ether oxygens (including phenoxy) is 1. The van der Waals surface area contributed by atoms with Crippen LogP contribution in [0.1, 0.15) is 6.42 Å². The lowest BCUT2D eigenvalue weighted by atomic mass is 10.3. The Morgan fingerprint density at radius 1 is 1.17 bits per heavy atom. The van der Waals surface area contributed by atoms with Crippen molar-refractivity contribution in [3.05, 3.63) is 29.3 Å². The molecule has 1 N–H and O–H groups in total. The van der Waals surface area contributed by atoms with E-state index in [1.165, 1.54) is 6.42 Å². The van der Waals surface area contributed by atoms with Crippen molar-refractivity contribution in [2.24, 2.45) is 0 Å². The smallest absolute Gasteiger partial charge is 0.119 e. The maximum atomic E-state index is 5.81. The Hall–Kier alpha value is -0.480. The molecule has 0 amide bonds. The normalized spacial score (nSPS) is 16.7. The highest BCUT2D eigenvalue weighted by molar-refractivity contribution is 6.30. The number of halogens is 2. The van der Waals surface area contributed by atoms with E-state index in [0.717, 1.165) is 50.1 Å². The van der Waals surface area contributed by atoms with Gasteiger partial charge in [0.25, 0.3) is 0 Å². The van der Waals surface area contributed by atoms with Gasteiger partial charge >= 0.3 is 0 Å². The number of rotatable bonds is 4. The van der Waals surface area contributed by atoms with Crippen molar-refractivity contribution in [2.75, 3.05) is 39.3 Å². The minimum Gasteiger partial charge on any atom is -0.492 e. The predicted molar refractivity (Wildman–Crippen MR) is 78.1 cm³/mol. The molecule has 0 unspecified atom stereocenters. The first-order valence-corrected chi connectivity index (χ1v) is 6.54. The van der Waals surface area contributed by atoms with E-state index in [2.05, 4.69) is 10.2 Å². The fourth-order valence-corrected chi connectivity index (χ4v) is 2.07. The highest BCUT2D eigenvalue weighted by Gasteiger charge is 2.07. The first-order chi connectivity index (χ1) is 8.34. The van der Waals surface area contributed by atoms with E-state index in [4.69, 9.17) is 16.3 Å². The number of nitrogens with zero attached hydrogens (tertiary/aromatic N) is 1. The summed E-state index contributed by atoms with van der Waals surface area (Å²) in [6.07, 6.45) is 1.22. The molecule has 0 aliphatic carbocycles. The molecule has 0 aromatic heterocycles. The predicted octanol–water partition coefficient (Wildman–Crippen LogP) is 2.44. The Morgan fingerprint density at radius 2 is 1.94 bits per heavy atom. The monoisotopic (exact) mass is 290 g/mol. The molecule has 1 heterocycles. The van der Waals surface area contributed by atoms with E-state index >= 15 is 0 Å². The van der Waals surface area contributed by atoms with Crippen molar-refractivity contribution in [1.82, 2.24) is 10.2 Å². The van der Waals surface area contributed by atoms with Crippen LogP contribution in [0.5, 0.6) is 5.75 Å². The van der Waals surface area contributed by atoms with E-state index in [9.17, 15) is 0 Å².